The average molecular weight is 266 g/mol. The monoisotopic (exact) mass is 266 g/mol. The van der Waals surface area contributed by atoms with Gasteiger partial charge in [0.1, 0.15) is 0 Å². The SMILES string of the molecule is C=C1NSN(C)CCCCCCC/C=C\C2CC12. The van der Waals surface area contributed by atoms with Crippen molar-refractivity contribution in [2.75, 3.05) is 13.6 Å². The fourth-order valence-electron chi connectivity index (χ4n) is 2.48. The zero-order chi connectivity index (χ0) is 12.8. The Morgan fingerprint density at radius 3 is 2.94 bits per heavy atom. The van der Waals surface area contributed by atoms with Gasteiger partial charge in [0.05, 0.1) is 0 Å². The first-order valence-corrected chi connectivity index (χ1v) is 8.04. The second kappa shape index (κ2) is 7.25. The summed E-state index contributed by atoms with van der Waals surface area (Å²) >= 11 is 1.71. The summed E-state index contributed by atoms with van der Waals surface area (Å²) in [7, 11) is 2.16. The molecule has 1 aliphatic heterocycles. The molecule has 2 rings (SSSR count). The number of hydrogen-bond acceptors (Lipinski definition) is 3. The maximum atomic E-state index is 4.17. The van der Waals surface area contributed by atoms with Crippen LogP contribution in [0.15, 0.2) is 24.4 Å². The van der Waals surface area contributed by atoms with E-state index in [0.717, 1.165) is 12.5 Å². The predicted octanol–water partition coefficient (Wildman–Crippen LogP) is 4.13. The summed E-state index contributed by atoms with van der Waals surface area (Å²) in [6.07, 6.45) is 14.1. The van der Waals surface area contributed by atoms with Crippen LogP contribution in [0.5, 0.6) is 0 Å². The first-order valence-electron chi connectivity index (χ1n) is 7.27. The molecule has 0 spiro atoms. The van der Waals surface area contributed by atoms with Crippen molar-refractivity contribution in [1.82, 2.24) is 9.03 Å². The van der Waals surface area contributed by atoms with Crippen LogP contribution in [0.3, 0.4) is 0 Å². The zero-order valence-electron chi connectivity index (χ0n) is 11.5. The highest BCUT2D eigenvalue weighted by Gasteiger charge is 2.37. The van der Waals surface area contributed by atoms with Crippen LogP contribution in [0.1, 0.15) is 44.9 Å². The van der Waals surface area contributed by atoms with Crippen molar-refractivity contribution < 1.29 is 0 Å². The molecule has 1 heterocycles. The molecule has 18 heavy (non-hydrogen) atoms. The highest BCUT2D eigenvalue weighted by molar-refractivity contribution is 7.95. The average Bonchev–Trinajstić information content (AvgIpc) is 3.12. The van der Waals surface area contributed by atoms with E-state index in [-0.39, 0.29) is 0 Å². The van der Waals surface area contributed by atoms with E-state index in [9.17, 15) is 0 Å². The fraction of sp³-hybridized carbons (Fsp3) is 0.733. The van der Waals surface area contributed by atoms with Gasteiger partial charge in [0.15, 0.2) is 0 Å². The molecule has 0 amide bonds. The van der Waals surface area contributed by atoms with Gasteiger partial charge in [-0.1, -0.05) is 38.0 Å². The van der Waals surface area contributed by atoms with Crippen molar-refractivity contribution in [3.8, 4) is 0 Å². The van der Waals surface area contributed by atoms with Crippen molar-refractivity contribution in [3.63, 3.8) is 0 Å². The molecule has 2 unspecified atom stereocenters. The minimum absolute atomic E-state index is 0.673. The third-order valence-electron chi connectivity index (χ3n) is 3.85. The Bertz CT molecular complexity index is 301. The molecule has 1 fully saturated rings. The topological polar surface area (TPSA) is 15.3 Å². The molecule has 1 saturated carbocycles. The number of allylic oxidation sites excluding steroid dienone is 3. The quantitative estimate of drug-likeness (QED) is 0.524. The fourth-order valence-corrected chi connectivity index (χ4v) is 3.13. The molecule has 2 aliphatic rings. The van der Waals surface area contributed by atoms with Crippen molar-refractivity contribution in [1.29, 1.82) is 0 Å². The number of hydrogen-bond donors (Lipinski definition) is 1. The van der Waals surface area contributed by atoms with Gasteiger partial charge in [0, 0.05) is 30.3 Å². The van der Waals surface area contributed by atoms with Gasteiger partial charge in [-0.15, -0.1) is 0 Å². The minimum Gasteiger partial charge on any atom is -0.321 e. The maximum Gasteiger partial charge on any atom is 0.0365 e. The van der Waals surface area contributed by atoms with Gasteiger partial charge in [0.2, 0.25) is 0 Å². The third-order valence-corrected chi connectivity index (χ3v) is 4.69. The summed E-state index contributed by atoms with van der Waals surface area (Å²) in [5.74, 6) is 1.42. The van der Waals surface area contributed by atoms with Gasteiger partial charge in [-0.2, -0.15) is 0 Å². The van der Waals surface area contributed by atoms with Gasteiger partial charge in [-0.25, -0.2) is 4.31 Å². The van der Waals surface area contributed by atoms with Crippen LogP contribution in [0.25, 0.3) is 0 Å². The molecular weight excluding hydrogens is 240 g/mol. The van der Waals surface area contributed by atoms with E-state index in [4.69, 9.17) is 0 Å². The molecule has 3 heteroatoms. The van der Waals surface area contributed by atoms with Crippen LogP contribution in [0, 0.1) is 11.8 Å². The highest BCUT2D eigenvalue weighted by atomic mass is 32.2. The van der Waals surface area contributed by atoms with Gasteiger partial charge in [0.25, 0.3) is 0 Å². The molecule has 2 nitrogen and oxygen atoms in total. The molecular formula is C15H26N2S. The van der Waals surface area contributed by atoms with E-state index in [1.165, 1.54) is 50.6 Å². The van der Waals surface area contributed by atoms with E-state index in [0.29, 0.717) is 5.92 Å². The standard InChI is InChI=1S/C15H26N2S/c1-13-15-12-14(15)10-8-6-4-3-5-7-9-11-17(2)18-16-13/h8,10,14-16H,1,3-7,9,11-12H2,2H3/b10-8-. The van der Waals surface area contributed by atoms with E-state index in [1.807, 2.05) is 0 Å². The molecule has 1 N–H and O–H groups in total. The molecule has 0 aromatic carbocycles. The van der Waals surface area contributed by atoms with E-state index < -0.39 is 0 Å². The molecule has 0 radical (unpaired) electrons. The van der Waals surface area contributed by atoms with Crippen LogP contribution < -0.4 is 4.72 Å². The van der Waals surface area contributed by atoms with Gasteiger partial charge in [-0.3, -0.25) is 0 Å². The Hall–Kier alpha value is -0.410. The van der Waals surface area contributed by atoms with Crippen molar-refractivity contribution in [2.24, 2.45) is 11.8 Å². The van der Waals surface area contributed by atoms with Gasteiger partial charge < -0.3 is 4.72 Å². The second-order valence-corrected chi connectivity index (χ2v) is 6.57. The second-order valence-electron chi connectivity index (χ2n) is 5.56. The van der Waals surface area contributed by atoms with Crippen LogP contribution in [0.4, 0.5) is 0 Å². The summed E-state index contributed by atoms with van der Waals surface area (Å²) in [6, 6.07) is 0. The Labute approximate surface area is 116 Å². The number of rotatable bonds is 0. The van der Waals surface area contributed by atoms with Crippen LogP contribution in [0.2, 0.25) is 0 Å². The first-order chi connectivity index (χ1) is 8.77. The van der Waals surface area contributed by atoms with Crippen molar-refractivity contribution in [3.05, 3.63) is 24.4 Å². The van der Waals surface area contributed by atoms with Gasteiger partial charge >= 0.3 is 0 Å². The summed E-state index contributed by atoms with van der Waals surface area (Å²) in [4.78, 5) is 0. The smallest absolute Gasteiger partial charge is 0.0365 e. The van der Waals surface area contributed by atoms with E-state index in [2.05, 4.69) is 34.8 Å². The molecule has 102 valence electrons. The lowest BCUT2D eigenvalue weighted by molar-refractivity contribution is 0.507. The molecule has 0 bridgehead atoms. The molecule has 1 aliphatic carbocycles. The maximum absolute atomic E-state index is 4.17. The summed E-state index contributed by atoms with van der Waals surface area (Å²) in [5, 5.41) is 0. The normalized spacial score (nSPS) is 33.7. The van der Waals surface area contributed by atoms with Crippen LogP contribution in [-0.2, 0) is 0 Å². The zero-order valence-corrected chi connectivity index (χ0v) is 12.3. The lowest BCUT2D eigenvalue weighted by atomic mass is 10.1. The molecule has 2 atom stereocenters. The Morgan fingerprint density at radius 1 is 1.28 bits per heavy atom. The van der Waals surface area contributed by atoms with E-state index >= 15 is 0 Å². The third kappa shape index (κ3) is 4.69. The Kier molecular flexibility index (Phi) is 5.64. The predicted molar refractivity (Wildman–Crippen MR) is 80.9 cm³/mol. The van der Waals surface area contributed by atoms with E-state index in [1.54, 1.807) is 12.1 Å². The van der Waals surface area contributed by atoms with Crippen molar-refractivity contribution >= 4 is 12.1 Å². The summed E-state index contributed by atoms with van der Waals surface area (Å²) in [6.45, 7) is 5.33. The van der Waals surface area contributed by atoms with Crippen LogP contribution in [-0.4, -0.2) is 17.9 Å². The van der Waals surface area contributed by atoms with Gasteiger partial charge in [-0.05, 0) is 38.6 Å². The molecule has 0 saturated heterocycles. The lowest BCUT2D eigenvalue weighted by Gasteiger charge is -2.17. The number of fused-ring (bicyclic) bond motifs is 1. The Morgan fingerprint density at radius 2 is 2.06 bits per heavy atom. The van der Waals surface area contributed by atoms with Crippen molar-refractivity contribution in [2.45, 2.75) is 44.9 Å². The summed E-state index contributed by atoms with van der Waals surface area (Å²) < 4.78 is 5.70. The van der Waals surface area contributed by atoms with Crippen LogP contribution >= 0.6 is 12.1 Å². The minimum atomic E-state index is 0.673. The number of nitrogens with one attached hydrogen (secondary N) is 1. The highest BCUT2D eigenvalue weighted by Crippen LogP contribution is 2.44. The largest absolute Gasteiger partial charge is 0.321 e. The first kappa shape index (κ1) is 14.0. The lowest BCUT2D eigenvalue weighted by Crippen LogP contribution is -2.18. The number of nitrogens with zero attached hydrogens (tertiary/aromatic N) is 1. The Balaban J connectivity index is 1.80. The molecule has 0 aromatic heterocycles. The summed E-state index contributed by atoms with van der Waals surface area (Å²) in [5.41, 5.74) is 1.20. The molecule has 0 aromatic rings.